The average molecular weight is 233 g/mol. The van der Waals surface area contributed by atoms with Crippen LogP contribution in [0.3, 0.4) is 0 Å². The number of carbonyl (C=O) groups is 1. The summed E-state index contributed by atoms with van der Waals surface area (Å²) in [7, 11) is 0. The van der Waals surface area contributed by atoms with Crippen LogP contribution in [-0.2, 0) is 11.3 Å². The van der Waals surface area contributed by atoms with Crippen molar-refractivity contribution in [2.75, 3.05) is 13.2 Å². The van der Waals surface area contributed by atoms with Gasteiger partial charge in [0.15, 0.2) is 6.61 Å². The number of amides is 1. The van der Waals surface area contributed by atoms with Crippen LogP contribution < -0.4 is 15.8 Å². The summed E-state index contributed by atoms with van der Waals surface area (Å²) in [6.45, 7) is 1.30. The van der Waals surface area contributed by atoms with Gasteiger partial charge in [-0.15, -0.1) is 0 Å². The number of ether oxygens (including phenoxy) is 1. The molecule has 17 heavy (non-hydrogen) atoms. The molecule has 90 valence electrons. The number of nitrogens with one attached hydrogen (secondary N) is 1. The Morgan fingerprint density at radius 3 is 2.71 bits per heavy atom. The van der Waals surface area contributed by atoms with Crippen molar-refractivity contribution in [3.63, 3.8) is 0 Å². The molecule has 0 aliphatic rings. The fourth-order valence-electron chi connectivity index (χ4n) is 1.26. The molecule has 0 heterocycles. The maximum Gasteiger partial charge on any atom is 0.218 e. The molecule has 1 aromatic carbocycles. The van der Waals surface area contributed by atoms with Gasteiger partial charge in [-0.1, -0.05) is 12.1 Å². The quantitative estimate of drug-likeness (QED) is 0.673. The van der Waals surface area contributed by atoms with Crippen LogP contribution in [0.4, 0.5) is 0 Å². The molecule has 0 saturated carbocycles. The zero-order valence-corrected chi connectivity index (χ0v) is 9.48. The third-order valence-electron chi connectivity index (χ3n) is 2.10. The van der Waals surface area contributed by atoms with Gasteiger partial charge < -0.3 is 15.8 Å². The third-order valence-corrected chi connectivity index (χ3v) is 2.10. The van der Waals surface area contributed by atoms with Crippen molar-refractivity contribution >= 4 is 5.91 Å². The maximum absolute atomic E-state index is 10.5. The monoisotopic (exact) mass is 233 g/mol. The number of hydrogen-bond donors (Lipinski definition) is 2. The highest BCUT2D eigenvalue weighted by molar-refractivity contribution is 5.73. The zero-order valence-electron chi connectivity index (χ0n) is 9.48. The van der Waals surface area contributed by atoms with Crippen molar-refractivity contribution in [3.05, 3.63) is 29.8 Å². The summed E-state index contributed by atoms with van der Waals surface area (Å²) in [5.74, 6) is 0.366. The predicted octanol–water partition coefficient (Wildman–Crippen LogP) is 0.554. The average Bonchev–Trinajstić information content (AvgIpc) is 2.33. The van der Waals surface area contributed by atoms with Crippen LogP contribution in [0.15, 0.2) is 24.3 Å². The number of primary amides is 1. The molecule has 0 unspecified atom stereocenters. The van der Waals surface area contributed by atoms with Gasteiger partial charge >= 0.3 is 0 Å². The first-order chi connectivity index (χ1) is 8.22. The van der Waals surface area contributed by atoms with Crippen LogP contribution in [0.1, 0.15) is 12.0 Å². The van der Waals surface area contributed by atoms with Gasteiger partial charge in [0, 0.05) is 19.5 Å². The fourth-order valence-corrected chi connectivity index (χ4v) is 1.26. The van der Waals surface area contributed by atoms with Crippen molar-refractivity contribution in [3.8, 4) is 11.8 Å². The molecule has 0 bridgehead atoms. The Labute approximate surface area is 100 Å². The minimum absolute atomic E-state index is 0.0518. The molecule has 1 aromatic rings. The van der Waals surface area contributed by atoms with E-state index in [9.17, 15) is 4.79 Å². The largest absolute Gasteiger partial charge is 0.479 e. The molecule has 5 nitrogen and oxygen atoms in total. The number of benzene rings is 1. The molecular formula is C12H15N3O2. The van der Waals surface area contributed by atoms with E-state index in [0.717, 1.165) is 5.56 Å². The lowest BCUT2D eigenvalue weighted by Gasteiger charge is -2.05. The van der Waals surface area contributed by atoms with Gasteiger partial charge in [-0.25, -0.2) is 0 Å². The molecule has 1 rings (SSSR count). The Hall–Kier alpha value is -2.06. The number of nitriles is 1. The van der Waals surface area contributed by atoms with Gasteiger partial charge in [-0.2, -0.15) is 5.26 Å². The first kappa shape index (κ1) is 13.0. The van der Waals surface area contributed by atoms with Gasteiger partial charge in [-0.3, -0.25) is 4.79 Å². The number of nitrogens with zero attached hydrogens (tertiary/aromatic N) is 1. The topological polar surface area (TPSA) is 88.1 Å². The highest BCUT2D eigenvalue weighted by Gasteiger charge is 1.96. The molecule has 0 saturated heterocycles. The van der Waals surface area contributed by atoms with Crippen LogP contribution in [0.5, 0.6) is 5.75 Å². The van der Waals surface area contributed by atoms with E-state index in [0.29, 0.717) is 25.3 Å². The first-order valence-electron chi connectivity index (χ1n) is 5.30. The van der Waals surface area contributed by atoms with E-state index >= 15 is 0 Å². The number of rotatable bonds is 7. The molecule has 0 aliphatic carbocycles. The van der Waals surface area contributed by atoms with E-state index in [2.05, 4.69) is 5.32 Å². The standard InChI is InChI=1S/C12H15N3O2/c13-6-8-17-11-3-1-10(2-4-11)9-15-7-5-12(14)16/h1-4,15H,5,7-9H2,(H2,14,16). The lowest BCUT2D eigenvalue weighted by Crippen LogP contribution is -2.21. The summed E-state index contributed by atoms with van der Waals surface area (Å²) in [4.78, 5) is 10.5. The molecule has 0 fully saturated rings. The van der Waals surface area contributed by atoms with E-state index < -0.39 is 0 Å². The van der Waals surface area contributed by atoms with Crippen molar-refractivity contribution < 1.29 is 9.53 Å². The van der Waals surface area contributed by atoms with Gasteiger partial charge in [0.05, 0.1) is 0 Å². The van der Waals surface area contributed by atoms with Crippen molar-refractivity contribution in [1.29, 1.82) is 5.26 Å². The SMILES string of the molecule is N#CCOc1ccc(CNCCC(N)=O)cc1. The van der Waals surface area contributed by atoms with E-state index in [4.69, 9.17) is 15.7 Å². The smallest absolute Gasteiger partial charge is 0.218 e. The first-order valence-corrected chi connectivity index (χ1v) is 5.30. The Kier molecular flexibility index (Phi) is 5.55. The lowest BCUT2D eigenvalue weighted by molar-refractivity contribution is -0.117. The van der Waals surface area contributed by atoms with Crippen molar-refractivity contribution in [1.82, 2.24) is 5.32 Å². The minimum Gasteiger partial charge on any atom is -0.479 e. The molecule has 0 radical (unpaired) electrons. The summed E-state index contributed by atoms with van der Waals surface area (Å²) in [6.07, 6.45) is 0.337. The number of nitrogens with two attached hydrogens (primary N) is 1. The second-order valence-electron chi connectivity index (χ2n) is 3.48. The van der Waals surface area contributed by atoms with Crippen LogP contribution in [0, 0.1) is 11.3 Å². The maximum atomic E-state index is 10.5. The number of carbonyl (C=O) groups excluding carboxylic acids is 1. The highest BCUT2D eigenvalue weighted by Crippen LogP contribution is 2.11. The summed E-state index contributed by atoms with van der Waals surface area (Å²) >= 11 is 0. The normalized spacial score (nSPS) is 9.59. The second-order valence-corrected chi connectivity index (χ2v) is 3.48. The van der Waals surface area contributed by atoms with Crippen molar-refractivity contribution in [2.45, 2.75) is 13.0 Å². The molecule has 1 amide bonds. The van der Waals surface area contributed by atoms with Crippen LogP contribution >= 0.6 is 0 Å². The molecule has 0 atom stereocenters. The fraction of sp³-hybridized carbons (Fsp3) is 0.333. The van der Waals surface area contributed by atoms with Gasteiger partial charge in [0.1, 0.15) is 11.8 Å². The van der Waals surface area contributed by atoms with Gasteiger partial charge in [0.25, 0.3) is 0 Å². The summed E-state index contributed by atoms with van der Waals surface area (Å²) < 4.78 is 5.12. The zero-order chi connectivity index (χ0) is 12.5. The van der Waals surface area contributed by atoms with E-state index in [1.807, 2.05) is 30.3 Å². The Morgan fingerprint density at radius 1 is 1.41 bits per heavy atom. The molecular weight excluding hydrogens is 218 g/mol. The van der Waals surface area contributed by atoms with Gasteiger partial charge in [-0.05, 0) is 17.7 Å². The molecule has 0 aliphatic heterocycles. The van der Waals surface area contributed by atoms with Crippen molar-refractivity contribution in [2.24, 2.45) is 5.73 Å². The molecule has 5 heteroatoms. The minimum atomic E-state index is -0.308. The van der Waals surface area contributed by atoms with Crippen LogP contribution in [0.25, 0.3) is 0 Å². The van der Waals surface area contributed by atoms with Crippen LogP contribution in [-0.4, -0.2) is 19.1 Å². The third kappa shape index (κ3) is 5.54. The Balaban J connectivity index is 2.30. The Bertz CT molecular complexity index is 395. The molecule has 0 aromatic heterocycles. The van der Waals surface area contributed by atoms with Crippen LogP contribution in [0.2, 0.25) is 0 Å². The van der Waals surface area contributed by atoms with E-state index in [1.54, 1.807) is 0 Å². The van der Waals surface area contributed by atoms with E-state index in [1.165, 1.54) is 0 Å². The van der Waals surface area contributed by atoms with Gasteiger partial charge in [0.2, 0.25) is 5.91 Å². The lowest BCUT2D eigenvalue weighted by atomic mass is 10.2. The Morgan fingerprint density at radius 2 is 2.12 bits per heavy atom. The number of hydrogen-bond acceptors (Lipinski definition) is 4. The molecule has 3 N–H and O–H groups in total. The molecule has 0 spiro atoms. The summed E-state index contributed by atoms with van der Waals surface area (Å²) in [5.41, 5.74) is 6.10. The summed E-state index contributed by atoms with van der Waals surface area (Å²) in [6, 6.07) is 9.33. The predicted molar refractivity (Wildman–Crippen MR) is 63.1 cm³/mol. The highest BCUT2D eigenvalue weighted by atomic mass is 16.5. The second kappa shape index (κ2) is 7.25. The summed E-state index contributed by atoms with van der Waals surface area (Å²) in [5, 5.41) is 11.4. The van der Waals surface area contributed by atoms with E-state index in [-0.39, 0.29) is 12.5 Å².